The van der Waals surface area contributed by atoms with Crippen LogP contribution >= 0.6 is 0 Å². The third-order valence-electron chi connectivity index (χ3n) is 5.77. The van der Waals surface area contributed by atoms with Crippen LogP contribution in [0.15, 0.2) is 57.4 Å². The number of hydrogen-bond donors (Lipinski definition) is 0. The molecule has 1 amide bonds. The van der Waals surface area contributed by atoms with Gasteiger partial charge in [-0.15, -0.1) is 10.2 Å². The summed E-state index contributed by atoms with van der Waals surface area (Å²) < 4.78 is 33.0. The zero-order chi connectivity index (χ0) is 27.2. The van der Waals surface area contributed by atoms with E-state index in [1.165, 1.54) is 14.2 Å². The molecule has 200 valence electrons. The number of likely N-dealkylation sites (N-methyl/N-ethyl adjacent to an activating group) is 1. The van der Waals surface area contributed by atoms with E-state index in [-0.39, 0.29) is 12.5 Å². The van der Waals surface area contributed by atoms with Gasteiger partial charge < -0.3 is 27.8 Å². The van der Waals surface area contributed by atoms with Crippen molar-refractivity contribution < 1.29 is 37.4 Å². The molecule has 38 heavy (non-hydrogen) atoms. The highest BCUT2D eigenvalue weighted by molar-refractivity contribution is 5.81. The van der Waals surface area contributed by atoms with Gasteiger partial charge in [0.1, 0.15) is 18.1 Å². The van der Waals surface area contributed by atoms with E-state index in [1.54, 1.807) is 76.8 Å². The molecule has 1 unspecified atom stereocenters. The first-order valence-corrected chi connectivity index (χ1v) is 11.6. The predicted molar refractivity (Wildman–Crippen MR) is 136 cm³/mol. The van der Waals surface area contributed by atoms with E-state index in [0.29, 0.717) is 46.1 Å². The summed E-state index contributed by atoms with van der Waals surface area (Å²) in [4.78, 5) is 18.7. The summed E-state index contributed by atoms with van der Waals surface area (Å²) in [5.74, 6) is 3.08. The van der Waals surface area contributed by atoms with Crippen LogP contribution in [-0.4, -0.2) is 56.7 Å². The largest absolute Gasteiger partial charge is 0.493 e. The lowest BCUT2D eigenvalue weighted by Gasteiger charge is -2.22. The van der Waals surface area contributed by atoms with Gasteiger partial charge >= 0.3 is 0 Å². The van der Waals surface area contributed by atoms with Gasteiger partial charge in [0.2, 0.25) is 17.5 Å². The van der Waals surface area contributed by atoms with Gasteiger partial charge in [-0.2, -0.15) is 0 Å². The third-order valence-corrected chi connectivity index (χ3v) is 5.77. The summed E-state index contributed by atoms with van der Waals surface area (Å²) >= 11 is 0. The maximum absolute atomic E-state index is 13.0. The highest BCUT2D eigenvalue weighted by Gasteiger charge is 2.25. The molecule has 0 bridgehead atoms. The molecule has 0 aliphatic carbocycles. The number of furan rings is 1. The first-order chi connectivity index (χ1) is 18.4. The lowest BCUT2D eigenvalue weighted by molar-refractivity contribution is -0.194. The number of aromatic nitrogens is 2. The monoisotopic (exact) mass is 523 g/mol. The van der Waals surface area contributed by atoms with E-state index in [2.05, 4.69) is 10.2 Å². The molecule has 11 heteroatoms. The lowest BCUT2D eigenvalue weighted by Crippen LogP contribution is -2.32. The Hall–Kier alpha value is -4.35. The van der Waals surface area contributed by atoms with Crippen LogP contribution in [-0.2, 0) is 21.0 Å². The predicted octanol–water partition coefficient (Wildman–Crippen LogP) is 4.61. The number of rotatable bonds is 11. The number of benzene rings is 2. The van der Waals surface area contributed by atoms with E-state index in [1.807, 2.05) is 0 Å². The van der Waals surface area contributed by atoms with Crippen molar-refractivity contribution in [2.45, 2.75) is 19.6 Å². The van der Waals surface area contributed by atoms with E-state index < -0.39 is 6.10 Å². The van der Waals surface area contributed by atoms with Gasteiger partial charge in [0, 0.05) is 32.2 Å². The first-order valence-electron chi connectivity index (χ1n) is 11.6. The fourth-order valence-corrected chi connectivity index (χ4v) is 3.82. The van der Waals surface area contributed by atoms with Crippen molar-refractivity contribution >= 4 is 5.91 Å². The van der Waals surface area contributed by atoms with Gasteiger partial charge in [-0.25, -0.2) is 5.06 Å². The smallest absolute Gasteiger partial charge is 0.279 e. The second kappa shape index (κ2) is 11.8. The second-order valence-electron chi connectivity index (χ2n) is 8.15. The Morgan fingerprint density at radius 1 is 0.895 bits per heavy atom. The minimum Gasteiger partial charge on any atom is -0.493 e. The molecule has 11 nitrogen and oxygen atoms in total. The molecule has 2 aromatic heterocycles. The van der Waals surface area contributed by atoms with E-state index >= 15 is 0 Å². The fourth-order valence-electron chi connectivity index (χ4n) is 3.82. The van der Waals surface area contributed by atoms with Gasteiger partial charge in [-0.1, -0.05) is 12.1 Å². The Morgan fingerprint density at radius 2 is 1.58 bits per heavy atom. The molecule has 0 spiro atoms. The highest BCUT2D eigenvalue weighted by Crippen LogP contribution is 2.41. The van der Waals surface area contributed by atoms with Crippen LogP contribution in [0.4, 0.5) is 0 Å². The summed E-state index contributed by atoms with van der Waals surface area (Å²) in [5.41, 5.74) is 2.12. The van der Waals surface area contributed by atoms with Crippen molar-refractivity contribution in [3.63, 3.8) is 0 Å². The Bertz CT molecular complexity index is 1350. The van der Waals surface area contributed by atoms with Crippen LogP contribution in [0.25, 0.3) is 22.8 Å². The molecule has 0 fully saturated rings. The molecule has 0 saturated carbocycles. The summed E-state index contributed by atoms with van der Waals surface area (Å²) in [6.07, 6.45) is -0.870. The SMILES string of the molecule is COc1cc(-c2ccc(CON(C)C(=O)C(OC)c3ccc(-c4nnc(C)o4)cc3)o2)cc(OC)c1OC. The summed E-state index contributed by atoms with van der Waals surface area (Å²) in [5, 5.41) is 8.97. The van der Waals surface area contributed by atoms with Crippen LogP contribution in [0, 0.1) is 6.92 Å². The van der Waals surface area contributed by atoms with E-state index in [9.17, 15) is 4.79 Å². The quantitative estimate of drug-likeness (QED) is 0.258. The van der Waals surface area contributed by atoms with Crippen LogP contribution in [0.1, 0.15) is 23.3 Å². The zero-order valence-corrected chi connectivity index (χ0v) is 22.0. The summed E-state index contributed by atoms with van der Waals surface area (Å²) in [6.45, 7) is 1.75. The third kappa shape index (κ3) is 5.63. The maximum Gasteiger partial charge on any atom is 0.279 e. The summed E-state index contributed by atoms with van der Waals surface area (Å²) in [7, 11) is 7.62. The van der Waals surface area contributed by atoms with Crippen LogP contribution in [0.2, 0.25) is 0 Å². The van der Waals surface area contributed by atoms with Crippen LogP contribution < -0.4 is 14.2 Å². The Labute approximate surface area is 219 Å². The van der Waals surface area contributed by atoms with Gasteiger partial charge in [-0.3, -0.25) is 9.63 Å². The number of nitrogens with zero attached hydrogens (tertiary/aromatic N) is 3. The summed E-state index contributed by atoms with van der Waals surface area (Å²) in [6, 6.07) is 14.2. The van der Waals surface area contributed by atoms with Crippen molar-refractivity contribution in [3.8, 4) is 40.0 Å². The van der Waals surface area contributed by atoms with Gasteiger partial charge in [0.25, 0.3) is 5.91 Å². The molecule has 0 aliphatic heterocycles. The lowest BCUT2D eigenvalue weighted by atomic mass is 10.1. The first kappa shape index (κ1) is 26.7. The van der Waals surface area contributed by atoms with E-state index in [0.717, 1.165) is 16.2 Å². The number of hydrogen-bond acceptors (Lipinski definition) is 10. The standard InChI is InChI=1S/C27H29N3O8/c1-16-28-29-26(37-16)18-9-7-17(8-10-18)24(34-5)27(31)30(2)36-15-20-11-12-21(38-20)19-13-22(32-3)25(35-6)23(14-19)33-4/h7-14,24H,15H2,1-6H3. The number of methoxy groups -OCH3 is 4. The van der Waals surface area contributed by atoms with Crippen molar-refractivity contribution in [1.29, 1.82) is 0 Å². The number of aryl methyl sites for hydroxylation is 1. The topological polar surface area (TPSA) is 119 Å². The van der Waals surface area contributed by atoms with Crippen molar-refractivity contribution in [2.24, 2.45) is 0 Å². The molecule has 4 aromatic rings. The zero-order valence-electron chi connectivity index (χ0n) is 22.0. The highest BCUT2D eigenvalue weighted by atomic mass is 16.7. The minimum atomic E-state index is -0.870. The molecule has 4 rings (SSSR count). The Kier molecular flexibility index (Phi) is 8.29. The van der Waals surface area contributed by atoms with Crippen molar-refractivity contribution in [2.75, 3.05) is 35.5 Å². The average molecular weight is 524 g/mol. The Balaban J connectivity index is 1.41. The van der Waals surface area contributed by atoms with Crippen LogP contribution in [0.3, 0.4) is 0 Å². The molecule has 0 radical (unpaired) electrons. The molecule has 1 atom stereocenters. The number of hydroxylamine groups is 2. The average Bonchev–Trinajstić information content (AvgIpc) is 3.60. The van der Waals surface area contributed by atoms with E-state index in [4.69, 9.17) is 32.6 Å². The molecule has 2 aromatic carbocycles. The molecule has 0 saturated heterocycles. The van der Waals surface area contributed by atoms with Crippen LogP contribution in [0.5, 0.6) is 17.2 Å². The minimum absolute atomic E-state index is 0.0263. The molecule has 0 N–H and O–H groups in total. The van der Waals surface area contributed by atoms with Gasteiger partial charge in [0.15, 0.2) is 17.6 Å². The Morgan fingerprint density at radius 3 is 2.13 bits per heavy atom. The normalized spacial score (nSPS) is 11.7. The number of carbonyl (C=O) groups excluding carboxylic acids is 1. The molecular weight excluding hydrogens is 494 g/mol. The maximum atomic E-state index is 13.0. The molecular formula is C27H29N3O8. The second-order valence-corrected chi connectivity index (χ2v) is 8.15. The molecule has 0 aliphatic rings. The number of amides is 1. The van der Waals surface area contributed by atoms with Crippen molar-refractivity contribution in [3.05, 3.63) is 65.7 Å². The van der Waals surface area contributed by atoms with Gasteiger partial charge in [-0.05, 0) is 42.0 Å². The van der Waals surface area contributed by atoms with Crippen molar-refractivity contribution in [1.82, 2.24) is 15.3 Å². The number of ether oxygens (including phenoxy) is 4. The van der Waals surface area contributed by atoms with Gasteiger partial charge in [0.05, 0.1) is 21.3 Å². The number of carbonyl (C=O) groups is 1. The fraction of sp³-hybridized carbons (Fsp3) is 0.296. The molecule has 2 heterocycles.